The van der Waals surface area contributed by atoms with Gasteiger partial charge in [0, 0.05) is 18.5 Å². The average molecular weight is 325 g/mol. The summed E-state index contributed by atoms with van der Waals surface area (Å²) in [7, 11) is 0. The van der Waals surface area contributed by atoms with Crippen LogP contribution in [-0.2, 0) is 0 Å². The van der Waals surface area contributed by atoms with Crippen LogP contribution >= 0.6 is 11.3 Å². The smallest absolute Gasteiger partial charge is 0.270 e. The summed E-state index contributed by atoms with van der Waals surface area (Å²) in [6.07, 6.45) is 1.03. The quantitative estimate of drug-likeness (QED) is 0.770. The van der Waals surface area contributed by atoms with E-state index in [1.54, 1.807) is 0 Å². The van der Waals surface area contributed by atoms with E-state index in [9.17, 15) is 13.6 Å². The minimum absolute atomic E-state index is 0.157. The molecule has 2 rings (SSSR count). The summed E-state index contributed by atoms with van der Waals surface area (Å²) in [5.41, 5.74) is -0.0330. The summed E-state index contributed by atoms with van der Waals surface area (Å²) in [6.45, 7) is 4.09. The molecule has 118 valence electrons. The van der Waals surface area contributed by atoms with Crippen molar-refractivity contribution in [2.24, 2.45) is 0 Å². The number of amides is 1. The highest BCUT2D eigenvalue weighted by Crippen LogP contribution is 2.28. The van der Waals surface area contributed by atoms with Crippen LogP contribution in [0.2, 0.25) is 0 Å². The van der Waals surface area contributed by atoms with Crippen LogP contribution in [0.25, 0.3) is 10.6 Å². The zero-order chi connectivity index (χ0) is 15.9. The molecule has 0 bridgehead atoms. The molecule has 22 heavy (non-hydrogen) atoms. The number of aromatic nitrogens is 1. The number of benzene rings is 1. The summed E-state index contributed by atoms with van der Waals surface area (Å²) >= 11 is 1.04. The van der Waals surface area contributed by atoms with Gasteiger partial charge in [0.1, 0.15) is 22.3 Å². The molecule has 0 radical (unpaired) electrons. The molecule has 0 spiro atoms. The van der Waals surface area contributed by atoms with Crippen molar-refractivity contribution >= 4 is 17.2 Å². The lowest BCUT2D eigenvalue weighted by Gasteiger charge is -2.04. The van der Waals surface area contributed by atoms with Gasteiger partial charge in [0.25, 0.3) is 5.91 Å². The first kappa shape index (κ1) is 16.5. The first-order valence-corrected chi connectivity index (χ1v) is 7.90. The molecule has 1 amide bonds. The fraction of sp³-hybridized carbons (Fsp3) is 0.333. The van der Waals surface area contributed by atoms with Crippen LogP contribution in [0.3, 0.4) is 0 Å². The third kappa shape index (κ3) is 4.08. The fourth-order valence-electron chi connectivity index (χ4n) is 1.85. The van der Waals surface area contributed by atoms with Crippen molar-refractivity contribution in [3.8, 4) is 10.6 Å². The first-order chi connectivity index (χ1) is 10.6. The molecule has 0 saturated carbocycles. The molecular weight excluding hydrogens is 308 g/mol. The van der Waals surface area contributed by atoms with Crippen molar-refractivity contribution in [1.29, 1.82) is 0 Å². The van der Waals surface area contributed by atoms with Crippen molar-refractivity contribution in [2.45, 2.75) is 13.3 Å². The van der Waals surface area contributed by atoms with Gasteiger partial charge in [-0.1, -0.05) is 13.0 Å². The van der Waals surface area contributed by atoms with Crippen LogP contribution in [0.15, 0.2) is 23.6 Å². The summed E-state index contributed by atoms with van der Waals surface area (Å²) in [6, 6.07) is 3.62. The molecule has 2 aromatic rings. The van der Waals surface area contributed by atoms with E-state index in [-0.39, 0.29) is 22.2 Å². The number of hydrogen-bond acceptors (Lipinski definition) is 4. The van der Waals surface area contributed by atoms with Crippen molar-refractivity contribution < 1.29 is 13.6 Å². The molecule has 0 aliphatic rings. The molecule has 1 heterocycles. The monoisotopic (exact) mass is 325 g/mol. The SMILES string of the molecule is CCCNCCNC(=O)c1csc(-c2c(F)cccc2F)n1. The number of rotatable bonds is 7. The third-order valence-electron chi connectivity index (χ3n) is 2.93. The molecule has 4 nitrogen and oxygen atoms in total. The standard InChI is InChI=1S/C15H17F2N3OS/c1-2-6-18-7-8-19-14(21)12-9-22-15(20-12)13-10(16)4-3-5-11(13)17/h3-5,9,18H,2,6-8H2,1H3,(H,19,21). The highest BCUT2D eigenvalue weighted by atomic mass is 32.1. The van der Waals surface area contributed by atoms with E-state index in [1.165, 1.54) is 23.6 Å². The van der Waals surface area contributed by atoms with Gasteiger partial charge in [0.05, 0.1) is 5.56 Å². The van der Waals surface area contributed by atoms with E-state index >= 15 is 0 Å². The highest BCUT2D eigenvalue weighted by Gasteiger charge is 2.17. The minimum atomic E-state index is -0.690. The number of thiazole rings is 1. The maximum atomic E-state index is 13.7. The zero-order valence-electron chi connectivity index (χ0n) is 12.2. The van der Waals surface area contributed by atoms with E-state index < -0.39 is 11.6 Å². The number of carbonyl (C=O) groups excluding carboxylic acids is 1. The largest absolute Gasteiger partial charge is 0.349 e. The van der Waals surface area contributed by atoms with Gasteiger partial charge in [-0.05, 0) is 25.1 Å². The number of carbonyl (C=O) groups is 1. The Hall–Kier alpha value is -1.86. The van der Waals surface area contributed by atoms with E-state index in [4.69, 9.17) is 0 Å². The molecule has 0 unspecified atom stereocenters. The number of nitrogens with one attached hydrogen (secondary N) is 2. The van der Waals surface area contributed by atoms with Gasteiger partial charge in [-0.2, -0.15) is 0 Å². The van der Waals surface area contributed by atoms with Gasteiger partial charge in [-0.15, -0.1) is 11.3 Å². The fourth-order valence-corrected chi connectivity index (χ4v) is 2.70. The second-order valence-corrected chi connectivity index (χ2v) is 5.50. The van der Waals surface area contributed by atoms with Gasteiger partial charge >= 0.3 is 0 Å². The van der Waals surface area contributed by atoms with Gasteiger partial charge in [0.15, 0.2) is 0 Å². The lowest BCUT2D eigenvalue weighted by atomic mass is 10.2. The molecule has 0 fully saturated rings. The number of nitrogens with zero attached hydrogens (tertiary/aromatic N) is 1. The van der Waals surface area contributed by atoms with Gasteiger partial charge in [-0.25, -0.2) is 13.8 Å². The topological polar surface area (TPSA) is 54.0 Å². The Kier molecular flexibility index (Phi) is 5.97. The molecule has 0 atom stereocenters. The van der Waals surface area contributed by atoms with Gasteiger partial charge in [0.2, 0.25) is 0 Å². The number of hydrogen-bond donors (Lipinski definition) is 2. The minimum Gasteiger partial charge on any atom is -0.349 e. The van der Waals surface area contributed by atoms with Crippen molar-refractivity contribution in [3.05, 3.63) is 40.9 Å². The number of halogens is 2. The maximum Gasteiger partial charge on any atom is 0.270 e. The Morgan fingerprint density at radius 1 is 1.23 bits per heavy atom. The molecule has 1 aromatic heterocycles. The van der Waals surface area contributed by atoms with E-state index in [0.717, 1.165) is 24.3 Å². The average Bonchev–Trinajstić information content (AvgIpc) is 2.96. The summed E-state index contributed by atoms with van der Waals surface area (Å²) in [5.74, 6) is -1.73. The predicted octanol–water partition coefficient (Wildman–Crippen LogP) is 2.82. The predicted molar refractivity (Wildman–Crippen MR) is 83.0 cm³/mol. The lowest BCUT2D eigenvalue weighted by molar-refractivity contribution is 0.0949. The zero-order valence-corrected chi connectivity index (χ0v) is 13.0. The Bertz CT molecular complexity index is 625. The third-order valence-corrected chi connectivity index (χ3v) is 3.79. The van der Waals surface area contributed by atoms with Crippen LogP contribution in [0.1, 0.15) is 23.8 Å². The van der Waals surface area contributed by atoms with Crippen molar-refractivity contribution in [2.75, 3.05) is 19.6 Å². The summed E-state index contributed by atoms with van der Waals surface area (Å²) in [5, 5.41) is 7.52. The van der Waals surface area contributed by atoms with Crippen LogP contribution in [-0.4, -0.2) is 30.5 Å². The van der Waals surface area contributed by atoms with E-state index in [1.807, 2.05) is 0 Å². The first-order valence-electron chi connectivity index (χ1n) is 7.02. The Morgan fingerprint density at radius 3 is 2.64 bits per heavy atom. The molecule has 0 aliphatic carbocycles. The van der Waals surface area contributed by atoms with Gasteiger partial charge in [-0.3, -0.25) is 4.79 Å². The van der Waals surface area contributed by atoms with Crippen LogP contribution < -0.4 is 10.6 Å². The maximum absolute atomic E-state index is 13.7. The molecule has 0 aliphatic heterocycles. The van der Waals surface area contributed by atoms with Crippen molar-refractivity contribution in [1.82, 2.24) is 15.6 Å². The Balaban J connectivity index is 2.01. The van der Waals surface area contributed by atoms with Crippen LogP contribution in [0.5, 0.6) is 0 Å². The van der Waals surface area contributed by atoms with Crippen molar-refractivity contribution in [3.63, 3.8) is 0 Å². The molecular formula is C15H17F2N3OS. The van der Waals surface area contributed by atoms with Crippen LogP contribution in [0.4, 0.5) is 8.78 Å². The summed E-state index contributed by atoms with van der Waals surface area (Å²) in [4.78, 5) is 15.9. The molecule has 1 aromatic carbocycles. The second-order valence-electron chi connectivity index (χ2n) is 4.64. The highest BCUT2D eigenvalue weighted by molar-refractivity contribution is 7.13. The Labute approximate surface area is 131 Å². The second kappa shape index (κ2) is 7.95. The Morgan fingerprint density at radius 2 is 1.95 bits per heavy atom. The van der Waals surface area contributed by atoms with E-state index in [2.05, 4.69) is 22.5 Å². The van der Waals surface area contributed by atoms with Gasteiger partial charge < -0.3 is 10.6 Å². The van der Waals surface area contributed by atoms with Crippen LogP contribution in [0, 0.1) is 11.6 Å². The molecule has 2 N–H and O–H groups in total. The lowest BCUT2D eigenvalue weighted by Crippen LogP contribution is -2.32. The normalized spacial score (nSPS) is 10.7. The molecule has 0 saturated heterocycles. The molecule has 7 heteroatoms. The summed E-state index contributed by atoms with van der Waals surface area (Å²) < 4.78 is 27.4. The van der Waals surface area contributed by atoms with E-state index in [0.29, 0.717) is 13.1 Å².